The standard InChI is InChI=1S/C18H25N3O2.ClH/c19-11-14-3-1-4-16(14)18(23)20-12-13-6-8-15(9-7-13)21-10-2-5-17(21)22;/h6-9,14,16H,1-5,10-12,19H2,(H,20,23);1H/t14-,16-;/m1./s1. The number of nitrogens with two attached hydrogens (primary N) is 1. The summed E-state index contributed by atoms with van der Waals surface area (Å²) in [6.07, 6.45) is 4.68. The molecule has 1 aromatic rings. The van der Waals surface area contributed by atoms with Gasteiger partial charge in [0.1, 0.15) is 0 Å². The second kappa shape index (κ2) is 8.49. The van der Waals surface area contributed by atoms with Crippen LogP contribution in [0.25, 0.3) is 0 Å². The van der Waals surface area contributed by atoms with Crippen LogP contribution in [0.2, 0.25) is 0 Å². The topological polar surface area (TPSA) is 75.4 Å². The van der Waals surface area contributed by atoms with Gasteiger partial charge in [-0.3, -0.25) is 9.59 Å². The number of nitrogens with one attached hydrogen (secondary N) is 1. The molecule has 3 N–H and O–H groups in total. The van der Waals surface area contributed by atoms with Crippen molar-refractivity contribution < 1.29 is 9.59 Å². The molecule has 132 valence electrons. The fraction of sp³-hybridized carbons (Fsp3) is 0.556. The van der Waals surface area contributed by atoms with Gasteiger partial charge < -0.3 is 16.0 Å². The highest BCUT2D eigenvalue weighted by molar-refractivity contribution is 5.95. The maximum absolute atomic E-state index is 12.3. The van der Waals surface area contributed by atoms with Crippen molar-refractivity contribution in [1.29, 1.82) is 0 Å². The van der Waals surface area contributed by atoms with Crippen LogP contribution in [-0.2, 0) is 16.1 Å². The lowest BCUT2D eigenvalue weighted by Gasteiger charge is -2.18. The lowest BCUT2D eigenvalue weighted by atomic mass is 9.95. The summed E-state index contributed by atoms with van der Waals surface area (Å²) in [6.45, 7) is 1.93. The number of halogens is 1. The van der Waals surface area contributed by atoms with Crippen molar-refractivity contribution >= 4 is 29.9 Å². The molecule has 1 aliphatic carbocycles. The van der Waals surface area contributed by atoms with Gasteiger partial charge in [0.25, 0.3) is 0 Å². The van der Waals surface area contributed by atoms with E-state index in [9.17, 15) is 9.59 Å². The van der Waals surface area contributed by atoms with Crippen molar-refractivity contribution in [2.45, 2.75) is 38.6 Å². The third-order valence-electron chi connectivity index (χ3n) is 5.09. The third-order valence-corrected chi connectivity index (χ3v) is 5.09. The van der Waals surface area contributed by atoms with Gasteiger partial charge in [0.15, 0.2) is 0 Å². The molecule has 2 fully saturated rings. The Hall–Kier alpha value is -1.59. The van der Waals surface area contributed by atoms with Crippen LogP contribution >= 0.6 is 12.4 Å². The van der Waals surface area contributed by atoms with E-state index >= 15 is 0 Å². The monoisotopic (exact) mass is 351 g/mol. The molecule has 0 aromatic heterocycles. The van der Waals surface area contributed by atoms with E-state index in [1.807, 2.05) is 29.2 Å². The van der Waals surface area contributed by atoms with Crippen molar-refractivity contribution in [3.63, 3.8) is 0 Å². The summed E-state index contributed by atoms with van der Waals surface area (Å²) < 4.78 is 0. The zero-order valence-electron chi connectivity index (χ0n) is 13.9. The Morgan fingerprint density at radius 3 is 2.58 bits per heavy atom. The molecule has 1 aromatic carbocycles. The van der Waals surface area contributed by atoms with Gasteiger partial charge >= 0.3 is 0 Å². The highest BCUT2D eigenvalue weighted by atomic mass is 35.5. The van der Waals surface area contributed by atoms with Crippen molar-refractivity contribution in [3.8, 4) is 0 Å². The Bertz CT molecular complexity index is 576. The number of hydrogen-bond donors (Lipinski definition) is 2. The average Bonchev–Trinajstić information content (AvgIpc) is 3.21. The highest BCUT2D eigenvalue weighted by Gasteiger charge is 2.31. The van der Waals surface area contributed by atoms with E-state index in [0.717, 1.165) is 43.5 Å². The Kier molecular flexibility index (Phi) is 6.63. The molecule has 0 bridgehead atoms. The minimum atomic E-state index is 0. The summed E-state index contributed by atoms with van der Waals surface area (Å²) in [5, 5.41) is 3.03. The van der Waals surface area contributed by atoms with Gasteiger partial charge in [-0.25, -0.2) is 0 Å². The first kappa shape index (κ1) is 18.7. The van der Waals surface area contributed by atoms with E-state index in [-0.39, 0.29) is 30.1 Å². The molecule has 5 nitrogen and oxygen atoms in total. The van der Waals surface area contributed by atoms with E-state index in [1.165, 1.54) is 0 Å². The van der Waals surface area contributed by atoms with Gasteiger partial charge in [-0.05, 0) is 49.4 Å². The van der Waals surface area contributed by atoms with Gasteiger partial charge in [-0.2, -0.15) is 0 Å². The van der Waals surface area contributed by atoms with Crippen LogP contribution in [0.5, 0.6) is 0 Å². The second-order valence-corrected chi connectivity index (χ2v) is 6.57. The van der Waals surface area contributed by atoms with Crippen LogP contribution in [-0.4, -0.2) is 24.9 Å². The van der Waals surface area contributed by atoms with Crippen molar-refractivity contribution in [2.75, 3.05) is 18.0 Å². The molecule has 1 saturated heterocycles. The van der Waals surface area contributed by atoms with E-state index in [2.05, 4.69) is 5.32 Å². The van der Waals surface area contributed by atoms with Gasteiger partial charge in [0.2, 0.25) is 11.8 Å². The minimum absolute atomic E-state index is 0. The van der Waals surface area contributed by atoms with Crippen molar-refractivity contribution in [1.82, 2.24) is 5.32 Å². The lowest BCUT2D eigenvalue weighted by Crippen LogP contribution is -2.34. The van der Waals surface area contributed by atoms with E-state index < -0.39 is 0 Å². The molecule has 1 heterocycles. The summed E-state index contributed by atoms with van der Waals surface area (Å²) in [5.74, 6) is 0.719. The fourth-order valence-electron chi connectivity index (χ4n) is 3.70. The summed E-state index contributed by atoms with van der Waals surface area (Å²) in [5.41, 5.74) is 7.74. The van der Waals surface area contributed by atoms with Gasteiger partial charge in [0, 0.05) is 31.1 Å². The summed E-state index contributed by atoms with van der Waals surface area (Å²) in [6, 6.07) is 7.89. The second-order valence-electron chi connectivity index (χ2n) is 6.57. The van der Waals surface area contributed by atoms with Crippen LogP contribution in [0.4, 0.5) is 5.69 Å². The molecule has 1 aliphatic heterocycles. The molecule has 0 spiro atoms. The smallest absolute Gasteiger partial charge is 0.227 e. The minimum Gasteiger partial charge on any atom is -0.352 e. The summed E-state index contributed by atoms with van der Waals surface area (Å²) >= 11 is 0. The largest absolute Gasteiger partial charge is 0.352 e. The van der Waals surface area contributed by atoms with Gasteiger partial charge in [0.05, 0.1) is 0 Å². The Morgan fingerprint density at radius 2 is 1.96 bits per heavy atom. The first-order chi connectivity index (χ1) is 11.2. The van der Waals surface area contributed by atoms with E-state index in [0.29, 0.717) is 25.4 Å². The zero-order chi connectivity index (χ0) is 16.2. The predicted octanol–water partition coefficient (Wildman–Crippen LogP) is 2.23. The maximum atomic E-state index is 12.3. The number of nitrogens with zero attached hydrogens (tertiary/aromatic N) is 1. The van der Waals surface area contributed by atoms with Crippen LogP contribution < -0.4 is 16.0 Å². The Morgan fingerprint density at radius 1 is 1.21 bits per heavy atom. The SMILES string of the molecule is Cl.NC[C@H]1CCC[C@H]1C(=O)NCc1ccc(N2CCCC2=O)cc1. The van der Waals surface area contributed by atoms with Gasteiger partial charge in [-0.1, -0.05) is 18.6 Å². The normalized spacial score (nSPS) is 23.2. The van der Waals surface area contributed by atoms with Crippen LogP contribution in [0.1, 0.15) is 37.7 Å². The Balaban J connectivity index is 0.00000208. The molecular weight excluding hydrogens is 326 g/mol. The van der Waals surface area contributed by atoms with Crippen LogP contribution in [0, 0.1) is 11.8 Å². The van der Waals surface area contributed by atoms with Crippen LogP contribution in [0.15, 0.2) is 24.3 Å². The van der Waals surface area contributed by atoms with Crippen LogP contribution in [0.3, 0.4) is 0 Å². The molecule has 2 amide bonds. The van der Waals surface area contributed by atoms with Gasteiger partial charge in [-0.15, -0.1) is 12.4 Å². The van der Waals surface area contributed by atoms with Crippen molar-refractivity contribution in [2.24, 2.45) is 17.6 Å². The number of hydrogen-bond acceptors (Lipinski definition) is 3. The first-order valence-corrected chi connectivity index (χ1v) is 8.56. The molecule has 0 radical (unpaired) electrons. The molecule has 2 atom stereocenters. The number of benzene rings is 1. The predicted molar refractivity (Wildman–Crippen MR) is 97.0 cm³/mol. The fourth-order valence-corrected chi connectivity index (χ4v) is 3.70. The van der Waals surface area contributed by atoms with E-state index in [4.69, 9.17) is 5.73 Å². The Labute approximate surface area is 149 Å². The third kappa shape index (κ3) is 4.08. The first-order valence-electron chi connectivity index (χ1n) is 8.56. The molecular formula is C18H26ClN3O2. The zero-order valence-corrected chi connectivity index (χ0v) is 14.7. The number of carbonyl (C=O) groups excluding carboxylic acids is 2. The summed E-state index contributed by atoms with van der Waals surface area (Å²) in [7, 11) is 0. The molecule has 24 heavy (non-hydrogen) atoms. The molecule has 6 heteroatoms. The number of rotatable bonds is 5. The number of amides is 2. The number of carbonyl (C=O) groups is 2. The average molecular weight is 352 g/mol. The molecule has 2 aliphatic rings. The quantitative estimate of drug-likeness (QED) is 0.854. The highest BCUT2D eigenvalue weighted by Crippen LogP contribution is 2.31. The number of anilines is 1. The lowest BCUT2D eigenvalue weighted by molar-refractivity contribution is -0.126. The maximum Gasteiger partial charge on any atom is 0.227 e. The molecule has 3 rings (SSSR count). The summed E-state index contributed by atoms with van der Waals surface area (Å²) in [4.78, 5) is 25.9. The molecule has 1 saturated carbocycles. The van der Waals surface area contributed by atoms with E-state index in [1.54, 1.807) is 0 Å². The van der Waals surface area contributed by atoms with Crippen molar-refractivity contribution in [3.05, 3.63) is 29.8 Å². The molecule has 0 unspecified atom stereocenters.